The van der Waals surface area contributed by atoms with Crippen LogP contribution in [0.1, 0.15) is 171 Å². The fourth-order valence-electron chi connectivity index (χ4n) is 8.48. The van der Waals surface area contributed by atoms with Crippen molar-refractivity contribution in [1.29, 1.82) is 0 Å². The summed E-state index contributed by atoms with van der Waals surface area (Å²) in [5.74, 6) is 5.69. The molecule has 0 N–H and O–H groups in total. The van der Waals surface area contributed by atoms with Crippen LogP contribution in [0.4, 0.5) is 0 Å². The smallest absolute Gasteiger partial charge is 0.0161 e. The summed E-state index contributed by atoms with van der Waals surface area (Å²) in [6.45, 7) is 6.82. The summed E-state index contributed by atoms with van der Waals surface area (Å²) in [6, 6.07) is 7.18. The van der Waals surface area contributed by atoms with Gasteiger partial charge in [0.1, 0.15) is 0 Å². The van der Waals surface area contributed by atoms with Crippen molar-refractivity contribution >= 4 is 0 Å². The lowest BCUT2D eigenvalue weighted by Crippen LogP contribution is -2.25. The third-order valence-corrected chi connectivity index (χ3v) is 11.5. The maximum atomic E-state index is 2.67. The minimum absolute atomic E-state index is 0.796. The summed E-state index contributed by atoms with van der Waals surface area (Å²) in [6.07, 6.45) is 37.8. The minimum Gasteiger partial charge on any atom is -0.0851 e. The molecule has 39 heavy (non-hydrogen) atoms. The molecule has 0 heterocycles. The van der Waals surface area contributed by atoms with Gasteiger partial charge in [-0.05, 0) is 130 Å². The van der Waals surface area contributed by atoms with Crippen LogP contribution >= 0.6 is 0 Å². The molecule has 0 spiro atoms. The van der Waals surface area contributed by atoms with Gasteiger partial charge in [0.25, 0.3) is 0 Å². The highest BCUT2D eigenvalue weighted by molar-refractivity contribution is 5.32. The van der Waals surface area contributed by atoms with Crippen LogP contribution in [-0.2, 0) is 0 Å². The Morgan fingerprint density at radius 3 is 1.64 bits per heavy atom. The molecular weight excluding hydrogens is 468 g/mol. The largest absolute Gasteiger partial charge is 0.0851 e. The number of unbranched alkanes of at least 4 members (excludes halogenated alkanes) is 8. The van der Waals surface area contributed by atoms with E-state index in [2.05, 4.69) is 51.1 Å². The molecule has 0 unspecified atom stereocenters. The molecule has 0 bridgehead atoms. The van der Waals surface area contributed by atoms with Gasteiger partial charge < -0.3 is 0 Å². The van der Waals surface area contributed by atoms with E-state index in [1.807, 2.05) is 0 Å². The van der Waals surface area contributed by atoms with Crippen molar-refractivity contribution in [1.82, 2.24) is 0 Å². The molecular formula is C39H64. The second kappa shape index (κ2) is 17.0. The normalized spacial score (nSPS) is 30.1. The first-order valence-corrected chi connectivity index (χ1v) is 17.9. The first kappa shape index (κ1) is 30.9. The van der Waals surface area contributed by atoms with Crippen LogP contribution in [0.5, 0.6) is 0 Å². The number of allylic oxidation sites excluding steroid dienone is 2. The summed E-state index contributed by atoms with van der Waals surface area (Å²) >= 11 is 0. The average Bonchev–Trinajstić information content (AvgIpc) is 2.97. The summed E-state index contributed by atoms with van der Waals surface area (Å²) in [4.78, 5) is 0. The van der Waals surface area contributed by atoms with Gasteiger partial charge in [0.05, 0.1) is 0 Å². The van der Waals surface area contributed by atoms with E-state index in [0.717, 1.165) is 35.5 Å². The van der Waals surface area contributed by atoms with Gasteiger partial charge in [-0.2, -0.15) is 0 Å². The number of benzene rings is 1. The Morgan fingerprint density at radius 1 is 0.564 bits per heavy atom. The van der Waals surface area contributed by atoms with Crippen LogP contribution in [-0.4, -0.2) is 0 Å². The molecule has 3 saturated carbocycles. The van der Waals surface area contributed by atoms with Crippen LogP contribution < -0.4 is 0 Å². The Morgan fingerprint density at radius 2 is 1.08 bits per heavy atom. The summed E-state index contributed by atoms with van der Waals surface area (Å²) in [5.41, 5.74) is 4.49. The van der Waals surface area contributed by atoms with Crippen molar-refractivity contribution in [3.8, 4) is 0 Å². The predicted molar refractivity (Wildman–Crippen MR) is 172 cm³/mol. The predicted octanol–water partition coefficient (Wildman–Crippen LogP) is 12.7. The van der Waals surface area contributed by atoms with Gasteiger partial charge in [-0.15, -0.1) is 0 Å². The lowest BCUT2D eigenvalue weighted by atomic mass is 9.68. The van der Waals surface area contributed by atoms with E-state index in [1.165, 1.54) is 127 Å². The molecule has 0 amide bonds. The fraction of sp³-hybridized carbons (Fsp3) is 0.795. The van der Waals surface area contributed by atoms with Crippen molar-refractivity contribution in [2.75, 3.05) is 0 Å². The van der Waals surface area contributed by atoms with Crippen LogP contribution in [0.3, 0.4) is 0 Å². The molecule has 4 rings (SSSR count). The van der Waals surface area contributed by atoms with Crippen molar-refractivity contribution in [3.63, 3.8) is 0 Å². The van der Waals surface area contributed by atoms with Gasteiger partial charge in [-0.3, -0.25) is 0 Å². The summed E-state index contributed by atoms with van der Waals surface area (Å²) < 4.78 is 0. The van der Waals surface area contributed by atoms with Gasteiger partial charge in [-0.25, -0.2) is 0 Å². The Bertz CT molecular complexity index is 808. The zero-order valence-corrected chi connectivity index (χ0v) is 26.4. The Labute approximate surface area is 244 Å². The molecule has 0 radical (unpaired) electrons. The molecule has 3 aliphatic rings. The van der Waals surface area contributed by atoms with Crippen LogP contribution in [0.25, 0.3) is 0 Å². The topological polar surface area (TPSA) is 0 Å². The fourth-order valence-corrected chi connectivity index (χ4v) is 8.48. The monoisotopic (exact) mass is 533 g/mol. The second-order valence-electron chi connectivity index (χ2n) is 14.4. The highest BCUT2D eigenvalue weighted by Gasteiger charge is 2.30. The first-order chi connectivity index (χ1) is 19.1. The molecule has 0 aromatic heterocycles. The molecule has 3 fully saturated rings. The lowest BCUT2D eigenvalue weighted by Gasteiger charge is -2.37. The Kier molecular flexibility index (Phi) is 13.5. The van der Waals surface area contributed by atoms with Crippen molar-refractivity contribution in [2.45, 2.75) is 168 Å². The first-order valence-electron chi connectivity index (χ1n) is 17.9. The van der Waals surface area contributed by atoms with E-state index in [-0.39, 0.29) is 0 Å². The van der Waals surface area contributed by atoms with E-state index in [4.69, 9.17) is 0 Å². The molecule has 1 aromatic carbocycles. The van der Waals surface area contributed by atoms with Crippen LogP contribution in [0.2, 0.25) is 0 Å². The van der Waals surface area contributed by atoms with Gasteiger partial charge in [0, 0.05) is 0 Å². The molecule has 1 aromatic rings. The lowest BCUT2D eigenvalue weighted by molar-refractivity contribution is 0.151. The molecule has 0 atom stereocenters. The maximum absolute atomic E-state index is 2.67. The maximum Gasteiger partial charge on any atom is -0.0161 e. The Balaban J connectivity index is 1.04. The number of hydrogen-bond acceptors (Lipinski definition) is 0. The highest BCUT2D eigenvalue weighted by atomic mass is 14.4. The molecule has 0 saturated heterocycles. The number of rotatable bonds is 14. The van der Waals surface area contributed by atoms with Gasteiger partial charge in [-0.1, -0.05) is 114 Å². The molecule has 0 aliphatic heterocycles. The van der Waals surface area contributed by atoms with Crippen LogP contribution in [0, 0.1) is 43.4 Å². The van der Waals surface area contributed by atoms with E-state index >= 15 is 0 Å². The molecule has 0 heteroatoms. The van der Waals surface area contributed by atoms with Crippen molar-refractivity contribution in [2.24, 2.45) is 29.6 Å². The van der Waals surface area contributed by atoms with Gasteiger partial charge >= 0.3 is 0 Å². The number of aryl methyl sites for hydroxylation is 2. The summed E-state index contributed by atoms with van der Waals surface area (Å²) in [5, 5.41) is 0. The molecule has 3 aliphatic carbocycles. The molecule has 0 nitrogen and oxygen atoms in total. The van der Waals surface area contributed by atoms with E-state index < -0.39 is 0 Å². The van der Waals surface area contributed by atoms with Crippen LogP contribution in [0.15, 0.2) is 30.4 Å². The SMILES string of the molecule is CCCCCCCCCCCC1CCC(C2CCC(C=CC3CCC(c4ccc(C)c(C)c4)CC3)CC2)CC1. The Hall–Kier alpha value is -1.04. The summed E-state index contributed by atoms with van der Waals surface area (Å²) in [7, 11) is 0. The number of hydrogen-bond donors (Lipinski definition) is 0. The average molecular weight is 533 g/mol. The van der Waals surface area contributed by atoms with E-state index in [9.17, 15) is 0 Å². The second-order valence-corrected chi connectivity index (χ2v) is 14.4. The highest BCUT2D eigenvalue weighted by Crippen LogP contribution is 2.43. The van der Waals surface area contributed by atoms with Crippen molar-refractivity contribution < 1.29 is 0 Å². The zero-order valence-electron chi connectivity index (χ0n) is 26.4. The zero-order chi connectivity index (χ0) is 27.3. The third-order valence-electron chi connectivity index (χ3n) is 11.5. The van der Waals surface area contributed by atoms with Crippen molar-refractivity contribution in [3.05, 3.63) is 47.0 Å². The van der Waals surface area contributed by atoms with Gasteiger partial charge in [0.15, 0.2) is 0 Å². The minimum atomic E-state index is 0.796. The molecule has 220 valence electrons. The third kappa shape index (κ3) is 10.4. The standard InChI is InChI=1S/C39H64/c1-4-5-6-7-8-9-10-11-12-13-33-17-24-36(25-18-33)37-26-19-34(20-27-37)15-16-35-21-28-38(29-22-35)39-23-14-31(2)32(3)30-39/h14-16,23,30,33-38H,4-13,17-22,24-29H2,1-3H3. The van der Waals surface area contributed by atoms with Gasteiger partial charge in [0.2, 0.25) is 0 Å². The quantitative estimate of drug-likeness (QED) is 0.165. The van der Waals surface area contributed by atoms with E-state index in [0.29, 0.717) is 0 Å². The van der Waals surface area contributed by atoms with E-state index in [1.54, 1.807) is 31.2 Å².